The lowest BCUT2D eigenvalue weighted by atomic mass is 10.1. The van der Waals surface area contributed by atoms with Crippen molar-refractivity contribution in [1.82, 2.24) is 9.55 Å². The quantitative estimate of drug-likeness (QED) is 0.726. The Labute approximate surface area is 121 Å². The van der Waals surface area contributed by atoms with Crippen molar-refractivity contribution in [2.24, 2.45) is 0 Å². The number of para-hydroxylation sites is 2. The number of nitriles is 2. The molecule has 5 heteroatoms. The molecule has 0 spiro atoms. The second kappa shape index (κ2) is 4.99. The zero-order valence-electron chi connectivity index (χ0n) is 11.1. The SMILES string of the molecule is N#CCc1nc2ccccc2n1-c1ccc(C#N)c(N)c1. The molecule has 0 aliphatic heterocycles. The summed E-state index contributed by atoms with van der Waals surface area (Å²) in [5, 5.41) is 17.9. The predicted molar refractivity (Wildman–Crippen MR) is 79.5 cm³/mol. The van der Waals surface area contributed by atoms with Crippen LogP contribution in [0.3, 0.4) is 0 Å². The van der Waals surface area contributed by atoms with Crippen molar-refractivity contribution in [1.29, 1.82) is 10.5 Å². The molecule has 1 aromatic heterocycles. The van der Waals surface area contributed by atoms with Gasteiger partial charge in [-0.25, -0.2) is 4.98 Å². The van der Waals surface area contributed by atoms with E-state index in [1.807, 2.05) is 41.0 Å². The molecule has 0 aliphatic carbocycles. The third-order valence-electron chi connectivity index (χ3n) is 3.28. The summed E-state index contributed by atoms with van der Waals surface area (Å²) < 4.78 is 1.90. The average Bonchev–Trinajstić information content (AvgIpc) is 2.85. The van der Waals surface area contributed by atoms with Gasteiger partial charge in [0, 0.05) is 5.69 Å². The van der Waals surface area contributed by atoms with Gasteiger partial charge < -0.3 is 5.73 Å². The highest BCUT2D eigenvalue weighted by Crippen LogP contribution is 2.24. The lowest BCUT2D eigenvalue weighted by Gasteiger charge is -2.09. The highest BCUT2D eigenvalue weighted by Gasteiger charge is 2.12. The third kappa shape index (κ3) is 2.07. The number of nitrogen functional groups attached to an aromatic ring is 1. The molecule has 0 bridgehead atoms. The standard InChI is InChI=1S/C16H11N5/c17-8-7-16-20-14-3-1-2-4-15(14)21(16)12-6-5-11(10-18)13(19)9-12/h1-6,9H,7,19H2. The molecular formula is C16H11N5. The van der Waals surface area contributed by atoms with Gasteiger partial charge in [-0.3, -0.25) is 4.57 Å². The first-order valence-electron chi connectivity index (χ1n) is 6.38. The van der Waals surface area contributed by atoms with E-state index < -0.39 is 0 Å². The molecule has 100 valence electrons. The van der Waals surface area contributed by atoms with Crippen LogP contribution in [-0.2, 0) is 6.42 Å². The summed E-state index contributed by atoms with van der Waals surface area (Å²) in [6.07, 6.45) is 0.203. The number of hydrogen-bond acceptors (Lipinski definition) is 4. The van der Waals surface area contributed by atoms with E-state index in [-0.39, 0.29) is 6.42 Å². The van der Waals surface area contributed by atoms with Crippen LogP contribution in [-0.4, -0.2) is 9.55 Å². The molecule has 0 saturated heterocycles. The average molecular weight is 273 g/mol. The second-order valence-electron chi connectivity index (χ2n) is 4.57. The van der Waals surface area contributed by atoms with Crippen molar-refractivity contribution in [3.8, 4) is 17.8 Å². The van der Waals surface area contributed by atoms with Crippen molar-refractivity contribution in [2.45, 2.75) is 6.42 Å². The number of hydrogen-bond donors (Lipinski definition) is 1. The fraction of sp³-hybridized carbons (Fsp3) is 0.0625. The molecule has 0 amide bonds. The topological polar surface area (TPSA) is 91.4 Å². The molecule has 21 heavy (non-hydrogen) atoms. The minimum Gasteiger partial charge on any atom is -0.398 e. The van der Waals surface area contributed by atoms with E-state index in [1.165, 1.54) is 0 Å². The number of nitrogens with zero attached hydrogens (tertiary/aromatic N) is 4. The zero-order valence-corrected chi connectivity index (χ0v) is 11.1. The summed E-state index contributed by atoms with van der Waals surface area (Å²) in [5.74, 6) is 0.655. The van der Waals surface area contributed by atoms with E-state index in [2.05, 4.69) is 11.1 Å². The van der Waals surface area contributed by atoms with Crippen LogP contribution >= 0.6 is 0 Å². The van der Waals surface area contributed by atoms with Gasteiger partial charge in [-0.05, 0) is 30.3 Å². The van der Waals surface area contributed by atoms with Gasteiger partial charge in [-0.2, -0.15) is 10.5 Å². The number of anilines is 1. The highest BCUT2D eigenvalue weighted by molar-refractivity contribution is 5.79. The number of fused-ring (bicyclic) bond motifs is 1. The van der Waals surface area contributed by atoms with Gasteiger partial charge in [0.2, 0.25) is 0 Å². The summed E-state index contributed by atoms with van der Waals surface area (Å²) in [4.78, 5) is 4.49. The minimum atomic E-state index is 0.203. The molecule has 0 unspecified atom stereocenters. The van der Waals surface area contributed by atoms with Crippen molar-refractivity contribution in [3.05, 3.63) is 53.9 Å². The maximum atomic E-state index is 8.98. The van der Waals surface area contributed by atoms with Crippen LogP contribution < -0.4 is 5.73 Å². The Kier molecular flexibility index (Phi) is 3.02. The maximum absolute atomic E-state index is 8.98. The number of benzene rings is 2. The minimum absolute atomic E-state index is 0.203. The number of rotatable bonds is 2. The van der Waals surface area contributed by atoms with Gasteiger partial charge in [-0.1, -0.05) is 12.1 Å². The van der Waals surface area contributed by atoms with Gasteiger partial charge in [0.05, 0.1) is 34.8 Å². The van der Waals surface area contributed by atoms with Crippen LogP contribution in [0.25, 0.3) is 16.7 Å². The summed E-state index contributed by atoms with van der Waals surface area (Å²) in [6, 6.07) is 17.1. The van der Waals surface area contributed by atoms with Crippen LogP contribution in [0.5, 0.6) is 0 Å². The lowest BCUT2D eigenvalue weighted by Crippen LogP contribution is -2.02. The molecule has 0 saturated carbocycles. The van der Waals surface area contributed by atoms with E-state index in [1.54, 1.807) is 12.1 Å². The number of nitrogens with two attached hydrogens (primary N) is 1. The Morgan fingerprint density at radius 2 is 1.95 bits per heavy atom. The van der Waals surface area contributed by atoms with Crippen molar-refractivity contribution < 1.29 is 0 Å². The Balaban J connectivity index is 2.28. The molecule has 0 aliphatic rings. The Hall–Kier alpha value is -3.31. The number of aromatic nitrogens is 2. The largest absolute Gasteiger partial charge is 0.398 e. The van der Waals surface area contributed by atoms with Crippen molar-refractivity contribution >= 4 is 16.7 Å². The molecule has 0 atom stereocenters. The molecule has 2 N–H and O–H groups in total. The van der Waals surface area contributed by atoms with E-state index in [4.69, 9.17) is 16.3 Å². The smallest absolute Gasteiger partial charge is 0.128 e. The molecular weight excluding hydrogens is 262 g/mol. The Morgan fingerprint density at radius 3 is 2.67 bits per heavy atom. The first-order valence-corrected chi connectivity index (χ1v) is 6.38. The lowest BCUT2D eigenvalue weighted by molar-refractivity contribution is 0.954. The van der Waals surface area contributed by atoms with Gasteiger partial charge in [0.15, 0.2) is 0 Å². The Morgan fingerprint density at radius 1 is 1.14 bits per heavy atom. The monoisotopic (exact) mass is 273 g/mol. The molecule has 3 rings (SSSR count). The van der Waals surface area contributed by atoms with Crippen LogP contribution in [0, 0.1) is 22.7 Å². The zero-order chi connectivity index (χ0) is 14.8. The molecule has 5 nitrogen and oxygen atoms in total. The van der Waals surface area contributed by atoms with E-state index in [9.17, 15) is 0 Å². The molecule has 3 aromatic rings. The summed E-state index contributed by atoms with van der Waals surface area (Å²) in [6.45, 7) is 0. The third-order valence-corrected chi connectivity index (χ3v) is 3.28. The Bertz CT molecular complexity index is 909. The molecule has 0 fully saturated rings. The summed E-state index contributed by atoms with van der Waals surface area (Å²) >= 11 is 0. The van der Waals surface area contributed by atoms with Crippen LogP contribution in [0.2, 0.25) is 0 Å². The predicted octanol–water partition coefficient (Wildman–Crippen LogP) is 2.55. The van der Waals surface area contributed by atoms with Crippen LogP contribution in [0.1, 0.15) is 11.4 Å². The van der Waals surface area contributed by atoms with Gasteiger partial charge in [-0.15, -0.1) is 0 Å². The fourth-order valence-electron chi connectivity index (χ4n) is 2.34. The molecule has 0 radical (unpaired) electrons. The maximum Gasteiger partial charge on any atom is 0.128 e. The van der Waals surface area contributed by atoms with Gasteiger partial charge >= 0.3 is 0 Å². The second-order valence-corrected chi connectivity index (χ2v) is 4.57. The first-order chi connectivity index (χ1) is 10.2. The van der Waals surface area contributed by atoms with E-state index in [0.717, 1.165) is 16.7 Å². The van der Waals surface area contributed by atoms with Crippen molar-refractivity contribution in [2.75, 3.05) is 5.73 Å². The highest BCUT2D eigenvalue weighted by atomic mass is 15.1. The van der Waals surface area contributed by atoms with Crippen molar-refractivity contribution in [3.63, 3.8) is 0 Å². The van der Waals surface area contributed by atoms with Crippen LogP contribution in [0.4, 0.5) is 5.69 Å². The first kappa shape index (κ1) is 12.7. The van der Waals surface area contributed by atoms with Gasteiger partial charge in [0.25, 0.3) is 0 Å². The normalized spacial score (nSPS) is 10.2. The van der Waals surface area contributed by atoms with Gasteiger partial charge in [0.1, 0.15) is 11.9 Å². The molecule has 1 heterocycles. The van der Waals surface area contributed by atoms with E-state index in [0.29, 0.717) is 17.1 Å². The van der Waals surface area contributed by atoms with E-state index >= 15 is 0 Å². The molecule has 2 aromatic carbocycles. The number of imidazole rings is 1. The summed E-state index contributed by atoms with van der Waals surface area (Å²) in [5.41, 5.74) is 9.26. The van der Waals surface area contributed by atoms with Crippen LogP contribution in [0.15, 0.2) is 42.5 Å². The fourth-order valence-corrected chi connectivity index (χ4v) is 2.34. The summed E-state index contributed by atoms with van der Waals surface area (Å²) in [7, 11) is 0.